The SMILES string of the molecule is Cc1cnn(C2CCCN(C(=O)c3occ(C)c3C)C2)c1. The molecule has 1 unspecified atom stereocenters. The van der Waals surface area contributed by atoms with Crippen LogP contribution in [0, 0.1) is 20.8 Å². The van der Waals surface area contributed by atoms with E-state index >= 15 is 0 Å². The molecule has 21 heavy (non-hydrogen) atoms. The van der Waals surface area contributed by atoms with E-state index in [2.05, 4.69) is 5.10 Å². The third kappa shape index (κ3) is 2.60. The topological polar surface area (TPSA) is 51.3 Å². The van der Waals surface area contributed by atoms with Gasteiger partial charge < -0.3 is 9.32 Å². The summed E-state index contributed by atoms with van der Waals surface area (Å²) in [5, 5.41) is 4.38. The molecule has 0 aliphatic carbocycles. The number of amides is 1. The van der Waals surface area contributed by atoms with E-state index in [9.17, 15) is 4.79 Å². The standard InChI is InChI=1S/C16H21N3O2/c1-11-7-17-19(8-11)14-5-4-6-18(9-14)16(20)15-13(3)12(2)10-21-15/h7-8,10,14H,4-6,9H2,1-3H3. The van der Waals surface area contributed by atoms with Crippen molar-refractivity contribution >= 4 is 5.91 Å². The monoisotopic (exact) mass is 287 g/mol. The van der Waals surface area contributed by atoms with Crippen molar-refractivity contribution in [2.75, 3.05) is 13.1 Å². The van der Waals surface area contributed by atoms with E-state index < -0.39 is 0 Å². The van der Waals surface area contributed by atoms with Crippen LogP contribution in [0.15, 0.2) is 23.1 Å². The summed E-state index contributed by atoms with van der Waals surface area (Å²) in [6.07, 6.45) is 7.61. The molecule has 2 aromatic heterocycles. The Morgan fingerprint density at radius 2 is 2.19 bits per heavy atom. The highest BCUT2D eigenvalue weighted by atomic mass is 16.3. The maximum absolute atomic E-state index is 12.6. The molecule has 0 aromatic carbocycles. The van der Waals surface area contributed by atoms with E-state index in [4.69, 9.17) is 4.42 Å². The van der Waals surface area contributed by atoms with Gasteiger partial charge in [-0.1, -0.05) is 0 Å². The number of hydrogen-bond donors (Lipinski definition) is 0. The highest BCUT2D eigenvalue weighted by Crippen LogP contribution is 2.24. The number of rotatable bonds is 2. The average molecular weight is 287 g/mol. The summed E-state index contributed by atoms with van der Waals surface area (Å²) >= 11 is 0. The van der Waals surface area contributed by atoms with Crippen LogP contribution in [0.25, 0.3) is 0 Å². The lowest BCUT2D eigenvalue weighted by molar-refractivity contribution is 0.0640. The highest BCUT2D eigenvalue weighted by molar-refractivity contribution is 5.93. The Bertz CT molecular complexity index is 656. The third-order valence-corrected chi connectivity index (χ3v) is 4.27. The number of carbonyl (C=O) groups excluding carboxylic acids is 1. The summed E-state index contributed by atoms with van der Waals surface area (Å²) in [6, 6.07) is 0.257. The van der Waals surface area contributed by atoms with Crippen molar-refractivity contribution in [1.29, 1.82) is 0 Å². The van der Waals surface area contributed by atoms with Crippen LogP contribution < -0.4 is 0 Å². The first-order valence-corrected chi connectivity index (χ1v) is 7.41. The molecule has 3 heterocycles. The fourth-order valence-electron chi connectivity index (χ4n) is 2.85. The van der Waals surface area contributed by atoms with Crippen LogP contribution in [0.4, 0.5) is 0 Å². The normalized spacial score (nSPS) is 19.0. The second-order valence-corrected chi connectivity index (χ2v) is 5.92. The van der Waals surface area contributed by atoms with Gasteiger partial charge in [0.2, 0.25) is 0 Å². The first-order valence-electron chi connectivity index (χ1n) is 7.41. The van der Waals surface area contributed by atoms with Crippen molar-refractivity contribution < 1.29 is 9.21 Å². The van der Waals surface area contributed by atoms with Crippen LogP contribution in [-0.2, 0) is 0 Å². The smallest absolute Gasteiger partial charge is 0.289 e. The molecule has 5 nitrogen and oxygen atoms in total. The van der Waals surface area contributed by atoms with Crippen molar-refractivity contribution in [3.63, 3.8) is 0 Å². The predicted molar refractivity (Wildman–Crippen MR) is 79.3 cm³/mol. The fourth-order valence-corrected chi connectivity index (χ4v) is 2.85. The first-order chi connectivity index (χ1) is 10.1. The van der Waals surface area contributed by atoms with Gasteiger partial charge in [0.05, 0.1) is 18.5 Å². The molecule has 1 atom stereocenters. The first kappa shape index (κ1) is 13.9. The van der Waals surface area contributed by atoms with Gasteiger partial charge in [0.15, 0.2) is 5.76 Å². The lowest BCUT2D eigenvalue weighted by atomic mass is 10.0. The average Bonchev–Trinajstić information content (AvgIpc) is 3.06. The molecule has 3 rings (SSSR count). The quantitative estimate of drug-likeness (QED) is 0.853. The van der Waals surface area contributed by atoms with Gasteiger partial charge in [0, 0.05) is 24.8 Å². The molecular formula is C16H21N3O2. The van der Waals surface area contributed by atoms with Crippen molar-refractivity contribution in [1.82, 2.24) is 14.7 Å². The van der Waals surface area contributed by atoms with Gasteiger partial charge in [-0.15, -0.1) is 0 Å². The van der Waals surface area contributed by atoms with E-state index in [-0.39, 0.29) is 11.9 Å². The van der Waals surface area contributed by atoms with Gasteiger partial charge in [-0.05, 0) is 44.7 Å². The van der Waals surface area contributed by atoms with E-state index in [0.29, 0.717) is 12.3 Å². The van der Waals surface area contributed by atoms with Crippen LogP contribution in [0.5, 0.6) is 0 Å². The molecule has 1 aliphatic heterocycles. The highest BCUT2D eigenvalue weighted by Gasteiger charge is 2.28. The van der Waals surface area contributed by atoms with E-state index in [0.717, 1.165) is 36.1 Å². The van der Waals surface area contributed by atoms with E-state index in [1.807, 2.05) is 42.7 Å². The Morgan fingerprint density at radius 1 is 1.38 bits per heavy atom. The Kier molecular flexibility index (Phi) is 3.57. The van der Waals surface area contributed by atoms with Crippen molar-refractivity contribution in [2.24, 2.45) is 0 Å². The second kappa shape index (κ2) is 5.39. The number of piperidine rings is 1. The maximum Gasteiger partial charge on any atom is 0.289 e. The van der Waals surface area contributed by atoms with Crippen LogP contribution >= 0.6 is 0 Å². The van der Waals surface area contributed by atoms with Crippen LogP contribution in [0.2, 0.25) is 0 Å². The third-order valence-electron chi connectivity index (χ3n) is 4.27. The minimum atomic E-state index is -0.00539. The molecule has 1 amide bonds. The number of aromatic nitrogens is 2. The lowest BCUT2D eigenvalue weighted by Crippen LogP contribution is -2.41. The summed E-state index contributed by atoms with van der Waals surface area (Å²) in [7, 11) is 0. The number of furan rings is 1. The van der Waals surface area contributed by atoms with Gasteiger partial charge >= 0.3 is 0 Å². The Balaban J connectivity index is 1.77. The van der Waals surface area contributed by atoms with Gasteiger partial charge in [0.25, 0.3) is 5.91 Å². The number of carbonyl (C=O) groups is 1. The van der Waals surface area contributed by atoms with E-state index in [1.165, 1.54) is 0 Å². The van der Waals surface area contributed by atoms with Crippen molar-refractivity contribution in [3.05, 3.63) is 41.1 Å². The molecule has 112 valence electrons. The van der Waals surface area contributed by atoms with Crippen LogP contribution in [0.3, 0.4) is 0 Å². The molecule has 1 saturated heterocycles. The largest absolute Gasteiger partial charge is 0.459 e. The van der Waals surface area contributed by atoms with Crippen LogP contribution in [-0.4, -0.2) is 33.7 Å². The van der Waals surface area contributed by atoms with Crippen LogP contribution in [0.1, 0.15) is 46.1 Å². The molecule has 2 aromatic rings. The van der Waals surface area contributed by atoms with E-state index in [1.54, 1.807) is 6.26 Å². The molecule has 0 spiro atoms. The summed E-state index contributed by atoms with van der Waals surface area (Å²) < 4.78 is 7.42. The number of hydrogen-bond acceptors (Lipinski definition) is 3. The maximum atomic E-state index is 12.6. The van der Waals surface area contributed by atoms with Gasteiger partial charge in [0.1, 0.15) is 0 Å². The summed E-state index contributed by atoms with van der Waals surface area (Å²) in [6.45, 7) is 7.41. The molecule has 0 N–H and O–H groups in total. The van der Waals surface area contributed by atoms with Gasteiger partial charge in [-0.3, -0.25) is 9.48 Å². The zero-order chi connectivity index (χ0) is 15.0. The lowest BCUT2D eigenvalue weighted by Gasteiger charge is -2.32. The Labute approximate surface area is 124 Å². The number of aryl methyl sites for hydroxylation is 2. The van der Waals surface area contributed by atoms with Crippen molar-refractivity contribution in [2.45, 2.75) is 39.7 Å². The molecule has 1 aliphatic rings. The Morgan fingerprint density at radius 3 is 2.81 bits per heavy atom. The number of nitrogens with zero attached hydrogens (tertiary/aromatic N) is 3. The minimum Gasteiger partial charge on any atom is -0.459 e. The zero-order valence-electron chi connectivity index (χ0n) is 12.8. The Hall–Kier alpha value is -2.04. The molecule has 0 bridgehead atoms. The zero-order valence-corrected chi connectivity index (χ0v) is 12.8. The van der Waals surface area contributed by atoms with Gasteiger partial charge in [-0.2, -0.15) is 5.10 Å². The fraction of sp³-hybridized carbons (Fsp3) is 0.500. The predicted octanol–water partition coefficient (Wildman–Crippen LogP) is 2.88. The van der Waals surface area contributed by atoms with Crippen molar-refractivity contribution in [3.8, 4) is 0 Å². The number of likely N-dealkylation sites (tertiary alicyclic amines) is 1. The molecule has 0 radical (unpaired) electrons. The minimum absolute atomic E-state index is 0.00539. The molecule has 5 heteroatoms. The molecule has 1 fully saturated rings. The summed E-state index contributed by atoms with van der Waals surface area (Å²) in [5.74, 6) is 0.471. The molecule has 0 saturated carbocycles. The second-order valence-electron chi connectivity index (χ2n) is 5.92. The summed E-state index contributed by atoms with van der Waals surface area (Å²) in [4.78, 5) is 14.5. The summed E-state index contributed by atoms with van der Waals surface area (Å²) in [5.41, 5.74) is 3.11. The molecular weight excluding hydrogens is 266 g/mol. The van der Waals surface area contributed by atoms with Gasteiger partial charge in [-0.25, -0.2) is 0 Å².